The zero-order chi connectivity index (χ0) is 5.61. The molecule has 8 heavy (non-hydrogen) atoms. The molecule has 0 unspecified atom stereocenters. The predicted molar refractivity (Wildman–Crippen MR) is 26.1 cm³/mol. The standard InChI is InChI=1S/C5H5N2O/c8-4-2-1-3-5(4)6-7-5/h2H,1,3H2. The smallest absolute Gasteiger partial charge is 0.248 e. The van der Waals surface area contributed by atoms with Crippen molar-refractivity contribution in [3.8, 4) is 0 Å². The Bertz CT molecular complexity index is 167. The van der Waals surface area contributed by atoms with Crippen LogP contribution >= 0.6 is 0 Å². The van der Waals surface area contributed by atoms with Gasteiger partial charge in [0.1, 0.15) is 0 Å². The van der Waals surface area contributed by atoms with Crippen LogP contribution < -0.4 is 0 Å². The lowest BCUT2D eigenvalue weighted by Crippen LogP contribution is -2.15. The number of hydrogen-bond donors (Lipinski definition) is 0. The lowest BCUT2D eigenvalue weighted by Gasteiger charge is -1.90. The van der Waals surface area contributed by atoms with E-state index in [1.165, 1.54) is 0 Å². The first kappa shape index (κ1) is 4.18. The van der Waals surface area contributed by atoms with E-state index in [0.29, 0.717) is 0 Å². The van der Waals surface area contributed by atoms with Gasteiger partial charge in [0.2, 0.25) is 5.66 Å². The van der Waals surface area contributed by atoms with Gasteiger partial charge in [-0.3, -0.25) is 4.79 Å². The fourth-order valence-electron chi connectivity index (χ4n) is 0.950. The van der Waals surface area contributed by atoms with Gasteiger partial charge >= 0.3 is 0 Å². The third-order valence-electron chi connectivity index (χ3n) is 1.56. The monoisotopic (exact) mass is 109 g/mol. The fourth-order valence-corrected chi connectivity index (χ4v) is 0.950. The van der Waals surface area contributed by atoms with Crippen molar-refractivity contribution in [1.29, 1.82) is 0 Å². The molecular weight excluding hydrogens is 104 g/mol. The molecule has 1 heterocycles. The van der Waals surface area contributed by atoms with Gasteiger partial charge in [-0.2, -0.15) is 10.2 Å². The van der Waals surface area contributed by atoms with E-state index in [2.05, 4.69) is 10.2 Å². The van der Waals surface area contributed by atoms with Crippen LogP contribution in [0.25, 0.3) is 0 Å². The Balaban J connectivity index is 2.25. The summed E-state index contributed by atoms with van der Waals surface area (Å²) in [6.07, 6.45) is 3.33. The summed E-state index contributed by atoms with van der Waals surface area (Å²) in [6.45, 7) is 0. The average molecular weight is 109 g/mol. The van der Waals surface area contributed by atoms with E-state index >= 15 is 0 Å². The number of carbonyl (C=O) groups excluding carboxylic acids is 1. The Labute approximate surface area is 46.8 Å². The summed E-state index contributed by atoms with van der Waals surface area (Å²) in [6, 6.07) is 0. The molecule has 0 aromatic carbocycles. The van der Waals surface area contributed by atoms with Gasteiger partial charge in [0.05, 0.1) is 0 Å². The van der Waals surface area contributed by atoms with Gasteiger partial charge in [0.15, 0.2) is 5.78 Å². The molecule has 3 heteroatoms. The highest BCUT2D eigenvalue weighted by Gasteiger charge is 2.50. The molecule has 1 aliphatic heterocycles. The molecule has 2 aliphatic rings. The van der Waals surface area contributed by atoms with Crippen molar-refractivity contribution < 1.29 is 4.79 Å². The maximum atomic E-state index is 10.7. The minimum atomic E-state index is -0.542. The fraction of sp³-hybridized carbons (Fsp3) is 0.600. The van der Waals surface area contributed by atoms with Crippen LogP contribution in [-0.2, 0) is 4.79 Å². The number of ketones is 1. The van der Waals surface area contributed by atoms with Crippen molar-refractivity contribution >= 4 is 5.78 Å². The van der Waals surface area contributed by atoms with E-state index < -0.39 is 5.66 Å². The van der Waals surface area contributed by atoms with E-state index in [-0.39, 0.29) is 5.78 Å². The molecule has 0 aromatic rings. The minimum Gasteiger partial charge on any atom is -0.294 e. The van der Waals surface area contributed by atoms with Crippen molar-refractivity contribution in [1.82, 2.24) is 0 Å². The molecular formula is C5H5N2O. The molecule has 0 bridgehead atoms. The molecule has 1 fully saturated rings. The van der Waals surface area contributed by atoms with Crippen LogP contribution in [0.2, 0.25) is 0 Å². The molecule has 0 N–H and O–H groups in total. The van der Waals surface area contributed by atoms with E-state index in [1.54, 1.807) is 6.42 Å². The first-order valence-electron chi connectivity index (χ1n) is 2.65. The number of nitrogens with zero attached hydrogens (tertiary/aromatic N) is 2. The second kappa shape index (κ2) is 0.989. The molecule has 1 radical (unpaired) electrons. The Hall–Kier alpha value is -0.730. The normalized spacial score (nSPS) is 29.8. The van der Waals surface area contributed by atoms with Gasteiger partial charge in [-0.15, -0.1) is 0 Å². The predicted octanol–water partition coefficient (Wildman–Crippen LogP) is 0.716. The maximum absolute atomic E-state index is 10.7. The third-order valence-corrected chi connectivity index (χ3v) is 1.56. The zero-order valence-electron chi connectivity index (χ0n) is 4.29. The van der Waals surface area contributed by atoms with Crippen LogP contribution in [-0.4, -0.2) is 11.4 Å². The Morgan fingerprint density at radius 1 is 1.62 bits per heavy atom. The summed E-state index contributed by atoms with van der Waals surface area (Å²) in [5.74, 6) is 0.0949. The van der Waals surface area contributed by atoms with Crippen LogP contribution in [0.15, 0.2) is 10.2 Å². The maximum Gasteiger partial charge on any atom is 0.248 e. The van der Waals surface area contributed by atoms with Crippen molar-refractivity contribution in [3.63, 3.8) is 0 Å². The topological polar surface area (TPSA) is 41.8 Å². The lowest BCUT2D eigenvalue weighted by molar-refractivity contribution is -0.117. The van der Waals surface area contributed by atoms with Crippen LogP contribution in [0.3, 0.4) is 0 Å². The summed E-state index contributed by atoms with van der Waals surface area (Å²) < 4.78 is 0. The number of Topliss-reactive ketones (excluding diaryl/α,β-unsaturated/α-hetero) is 1. The molecule has 1 aliphatic carbocycles. The van der Waals surface area contributed by atoms with Crippen molar-refractivity contribution in [2.24, 2.45) is 10.2 Å². The number of hydrogen-bond acceptors (Lipinski definition) is 3. The highest BCUT2D eigenvalue weighted by Crippen LogP contribution is 2.40. The zero-order valence-corrected chi connectivity index (χ0v) is 4.29. The summed E-state index contributed by atoms with van der Waals surface area (Å²) >= 11 is 0. The molecule has 2 rings (SSSR count). The summed E-state index contributed by atoms with van der Waals surface area (Å²) in [7, 11) is 0. The summed E-state index contributed by atoms with van der Waals surface area (Å²) in [4.78, 5) is 10.7. The van der Waals surface area contributed by atoms with Gasteiger partial charge in [-0.25, -0.2) is 0 Å². The van der Waals surface area contributed by atoms with Crippen LogP contribution in [0.4, 0.5) is 0 Å². The lowest BCUT2D eigenvalue weighted by atomic mass is 10.2. The molecule has 1 saturated carbocycles. The van der Waals surface area contributed by atoms with Gasteiger partial charge in [0, 0.05) is 12.8 Å². The molecule has 0 aromatic heterocycles. The molecule has 0 atom stereocenters. The van der Waals surface area contributed by atoms with E-state index in [9.17, 15) is 4.79 Å². The van der Waals surface area contributed by atoms with Gasteiger partial charge in [-0.05, 0) is 6.42 Å². The highest BCUT2D eigenvalue weighted by atomic mass is 16.1. The Kier molecular flexibility index (Phi) is 0.517. The van der Waals surface area contributed by atoms with E-state index in [4.69, 9.17) is 0 Å². The SMILES string of the molecule is O=C1[CH]CCC12N=N2. The summed E-state index contributed by atoms with van der Waals surface area (Å²) in [5.41, 5.74) is -0.542. The van der Waals surface area contributed by atoms with Crippen LogP contribution in [0, 0.1) is 6.42 Å². The van der Waals surface area contributed by atoms with Gasteiger partial charge in [0.25, 0.3) is 0 Å². The quantitative estimate of drug-likeness (QED) is 0.451. The van der Waals surface area contributed by atoms with Crippen molar-refractivity contribution in [3.05, 3.63) is 6.42 Å². The minimum absolute atomic E-state index is 0.0949. The van der Waals surface area contributed by atoms with Crippen molar-refractivity contribution in [2.75, 3.05) is 0 Å². The van der Waals surface area contributed by atoms with Crippen LogP contribution in [0.1, 0.15) is 12.8 Å². The largest absolute Gasteiger partial charge is 0.294 e. The Morgan fingerprint density at radius 2 is 2.38 bits per heavy atom. The molecule has 1 spiro atoms. The van der Waals surface area contributed by atoms with Gasteiger partial charge in [-0.1, -0.05) is 0 Å². The molecule has 0 amide bonds. The van der Waals surface area contributed by atoms with E-state index in [1.807, 2.05) is 0 Å². The number of carbonyl (C=O) groups is 1. The van der Waals surface area contributed by atoms with Gasteiger partial charge < -0.3 is 0 Å². The first-order chi connectivity index (χ1) is 3.83. The average Bonchev–Trinajstić information content (AvgIpc) is 2.39. The third kappa shape index (κ3) is 0.322. The first-order valence-corrected chi connectivity index (χ1v) is 2.65. The Morgan fingerprint density at radius 3 is 2.62 bits per heavy atom. The van der Waals surface area contributed by atoms with Crippen molar-refractivity contribution in [2.45, 2.75) is 18.5 Å². The second-order valence-corrected chi connectivity index (χ2v) is 2.12. The second-order valence-electron chi connectivity index (χ2n) is 2.12. The number of rotatable bonds is 0. The molecule has 41 valence electrons. The highest BCUT2D eigenvalue weighted by molar-refractivity contribution is 5.99. The molecule has 3 nitrogen and oxygen atoms in total. The summed E-state index contributed by atoms with van der Waals surface area (Å²) in [5, 5.41) is 7.32. The van der Waals surface area contributed by atoms with E-state index in [0.717, 1.165) is 12.8 Å². The van der Waals surface area contributed by atoms with Crippen LogP contribution in [0.5, 0.6) is 0 Å². The molecule has 0 saturated heterocycles.